The van der Waals surface area contributed by atoms with Crippen LogP contribution in [0.4, 0.5) is 35.2 Å². The van der Waals surface area contributed by atoms with Crippen molar-refractivity contribution in [2.24, 2.45) is 0 Å². The molecule has 1 aliphatic heterocycles. The molecule has 8 nitrogen and oxygen atoms in total. The molecule has 150 valence electrons. The molecule has 2 aromatic heterocycles. The number of aromatic nitrogens is 4. The number of rotatable bonds is 5. The molecular formula is C18H16F3N7O. The average molecular weight is 403 g/mol. The lowest BCUT2D eigenvalue weighted by molar-refractivity contribution is -0.142. The van der Waals surface area contributed by atoms with Crippen molar-refractivity contribution in [2.45, 2.75) is 12.7 Å². The Morgan fingerprint density at radius 1 is 1.17 bits per heavy atom. The Balaban J connectivity index is 1.48. The maximum Gasteiger partial charge on any atom is 0.408 e. The summed E-state index contributed by atoms with van der Waals surface area (Å²) in [5, 5.41) is 9.35. The molecular weight excluding hydrogens is 387 g/mol. The smallest absolute Gasteiger partial charge is 0.338 e. The molecule has 0 atom stereocenters. The molecule has 0 bridgehead atoms. The molecule has 0 aliphatic carbocycles. The zero-order valence-corrected chi connectivity index (χ0v) is 15.0. The van der Waals surface area contributed by atoms with E-state index in [-0.39, 0.29) is 6.03 Å². The Labute approximate surface area is 163 Å². The van der Waals surface area contributed by atoms with Crippen LogP contribution in [0.15, 0.2) is 48.9 Å². The number of carbonyl (C=O) groups is 1. The lowest BCUT2D eigenvalue weighted by Crippen LogP contribution is -2.27. The van der Waals surface area contributed by atoms with Gasteiger partial charge in [0.2, 0.25) is 0 Å². The second kappa shape index (κ2) is 7.41. The zero-order chi connectivity index (χ0) is 20.4. The summed E-state index contributed by atoms with van der Waals surface area (Å²) < 4.78 is 38.1. The van der Waals surface area contributed by atoms with E-state index in [1.165, 1.54) is 12.4 Å². The third-order valence-electron chi connectivity index (χ3n) is 4.20. The fraction of sp³-hybridized carbons (Fsp3) is 0.222. The molecule has 0 saturated carbocycles. The summed E-state index contributed by atoms with van der Waals surface area (Å²) in [7, 11) is 0. The molecule has 0 radical (unpaired) electrons. The van der Waals surface area contributed by atoms with Crippen LogP contribution in [0.5, 0.6) is 0 Å². The largest absolute Gasteiger partial charge is 0.408 e. The summed E-state index contributed by atoms with van der Waals surface area (Å²) in [6.07, 6.45) is -0.242. The molecule has 3 heterocycles. The number of hydrogen-bond acceptors (Lipinski definition) is 5. The van der Waals surface area contributed by atoms with Crippen molar-refractivity contribution < 1.29 is 18.0 Å². The number of nitrogens with one attached hydrogen (secondary N) is 2. The van der Waals surface area contributed by atoms with Gasteiger partial charge in [0.1, 0.15) is 12.4 Å². The maximum atomic E-state index is 12.4. The molecule has 2 N–H and O–H groups in total. The van der Waals surface area contributed by atoms with Gasteiger partial charge in [-0.2, -0.15) is 18.3 Å². The van der Waals surface area contributed by atoms with E-state index in [9.17, 15) is 18.0 Å². The topological polar surface area (TPSA) is 88.0 Å². The monoisotopic (exact) mass is 403 g/mol. The summed E-state index contributed by atoms with van der Waals surface area (Å²) in [4.78, 5) is 22.0. The van der Waals surface area contributed by atoms with Gasteiger partial charge in [-0.25, -0.2) is 14.8 Å². The van der Waals surface area contributed by atoms with Gasteiger partial charge in [-0.05, 0) is 30.3 Å². The molecule has 3 aromatic rings. The van der Waals surface area contributed by atoms with E-state index < -0.39 is 12.7 Å². The first-order valence-corrected chi connectivity index (χ1v) is 8.72. The fourth-order valence-corrected chi connectivity index (χ4v) is 2.92. The molecule has 0 unspecified atom stereocenters. The summed E-state index contributed by atoms with van der Waals surface area (Å²) in [5.41, 5.74) is 1.90. The van der Waals surface area contributed by atoms with E-state index in [4.69, 9.17) is 0 Å². The summed E-state index contributed by atoms with van der Waals surface area (Å²) in [6, 6.07) is 8.71. The van der Waals surface area contributed by atoms with Crippen molar-refractivity contribution in [3.63, 3.8) is 0 Å². The summed E-state index contributed by atoms with van der Waals surface area (Å²) >= 11 is 0. The van der Waals surface area contributed by atoms with E-state index >= 15 is 0 Å². The molecule has 1 saturated heterocycles. The Bertz CT molecular complexity index is 1020. The van der Waals surface area contributed by atoms with Crippen LogP contribution in [0.3, 0.4) is 0 Å². The van der Waals surface area contributed by atoms with Crippen LogP contribution in [0, 0.1) is 0 Å². The fourth-order valence-electron chi connectivity index (χ4n) is 2.92. The van der Waals surface area contributed by atoms with E-state index in [2.05, 4.69) is 25.7 Å². The number of carbonyl (C=O) groups excluding carboxylic acids is 1. The number of benzene rings is 1. The van der Waals surface area contributed by atoms with Crippen molar-refractivity contribution in [1.29, 1.82) is 0 Å². The van der Waals surface area contributed by atoms with Crippen LogP contribution >= 0.6 is 0 Å². The zero-order valence-electron chi connectivity index (χ0n) is 15.0. The second-order valence-corrected chi connectivity index (χ2v) is 6.36. The molecule has 2 amide bonds. The van der Waals surface area contributed by atoms with Crippen molar-refractivity contribution in [3.05, 3.63) is 48.9 Å². The average Bonchev–Trinajstić information content (AvgIpc) is 3.29. The van der Waals surface area contributed by atoms with E-state index in [0.29, 0.717) is 30.4 Å². The van der Waals surface area contributed by atoms with E-state index in [1.807, 2.05) is 12.1 Å². The van der Waals surface area contributed by atoms with Gasteiger partial charge >= 0.3 is 12.2 Å². The Kier molecular flexibility index (Phi) is 4.79. The number of hydrogen-bond donors (Lipinski definition) is 2. The third-order valence-corrected chi connectivity index (χ3v) is 4.20. The minimum Gasteiger partial charge on any atom is -0.338 e. The first kappa shape index (κ1) is 18.7. The van der Waals surface area contributed by atoms with Gasteiger partial charge in [0.05, 0.1) is 11.9 Å². The van der Waals surface area contributed by atoms with Crippen molar-refractivity contribution in [3.8, 4) is 11.4 Å². The lowest BCUT2D eigenvalue weighted by Gasteiger charge is -2.14. The number of urea groups is 1. The summed E-state index contributed by atoms with van der Waals surface area (Å²) in [5.74, 6) is 0.861. The van der Waals surface area contributed by atoms with E-state index in [0.717, 1.165) is 15.9 Å². The van der Waals surface area contributed by atoms with Crippen LogP contribution < -0.4 is 15.5 Å². The SMILES string of the molecule is O=C1NCCN1c1ccc(-c2nccc(Nc3cnn(CC(F)(F)F)c3)n2)cc1. The van der Waals surface area contributed by atoms with Crippen LogP contribution in [0.1, 0.15) is 0 Å². The second-order valence-electron chi connectivity index (χ2n) is 6.36. The van der Waals surface area contributed by atoms with Crippen molar-refractivity contribution in [1.82, 2.24) is 25.1 Å². The van der Waals surface area contributed by atoms with Crippen LogP contribution in [-0.4, -0.2) is 45.0 Å². The Morgan fingerprint density at radius 2 is 1.97 bits per heavy atom. The number of nitrogens with zero attached hydrogens (tertiary/aromatic N) is 5. The van der Waals surface area contributed by atoms with Gasteiger partial charge in [0.15, 0.2) is 5.82 Å². The Hall–Kier alpha value is -3.63. The molecule has 0 spiro atoms. The predicted molar refractivity (Wildman–Crippen MR) is 99.8 cm³/mol. The molecule has 29 heavy (non-hydrogen) atoms. The highest BCUT2D eigenvalue weighted by molar-refractivity contribution is 5.94. The molecule has 1 aromatic carbocycles. The minimum absolute atomic E-state index is 0.133. The van der Waals surface area contributed by atoms with Crippen LogP contribution in [0.2, 0.25) is 0 Å². The predicted octanol–water partition coefficient (Wildman–Crippen LogP) is 3.18. The number of alkyl halides is 3. The third kappa shape index (κ3) is 4.45. The number of amides is 2. The quantitative estimate of drug-likeness (QED) is 0.683. The highest BCUT2D eigenvalue weighted by Gasteiger charge is 2.28. The molecule has 1 aliphatic rings. The van der Waals surface area contributed by atoms with Gasteiger partial charge in [-0.15, -0.1) is 0 Å². The van der Waals surface area contributed by atoms with Crippen LogP contribution in [0.25, 0.3) is 11.4 Å². The molecule has 4 rings (SSSR count). The van der Waals surface area contributed by atoms with Crippen LogP contribution in [-0.2, 0) is 6.54 Å². The first-order valence-electron chi connectivity index (χ1n) is 8.72. The maximum absolute atomic E-state index is 12.4. The van der Waals surface area contributed by atoms with Gasteiger partial charge in [0.25, 0.3) is 0 Å². The van der Waals surface area contributed by atoms with Crippen molar-refractivity contribution in [2.75, 3.05) is 23.3 Å². The number of anilines is 3. The van der Waals surface area contributed by atoms with Gasteiger partial charge in [-0.3, -0.25) is 9.58 Å². The normalized spacial score (nSPS) is 14.2. The molecule has 1 fully saturated rings. The first-order chi connectivity index (χ1) is 13.9. The minimum atomic E-state index is -4.34. The lowest BCUT2D eigenvalue weighted by atomic mass is 10.2. The highest BCUT2D eigenvalue weighted by Crippen LogP contribution is 2.24. The molecule has 11 heteroatoms. The Morgan fingerprint density at radius 3 is 2.66 bits per heavy atom. The summed E-state index contributed by atoms with van der Waals surface area (Å²) in [6.45, 7) is 0.0537. The standard InChI is InChI=1S/C18H16F3N7O/c19-18(20,21)11-27-10-13(9-24-27)25-15-5-6-22-16(26-15)12-1-3-14(4-2-12)28-8-7-23-17(28)29/h1-6,9-10H,7-8,11H2,(H,23,29)(H,22,25,26). The van der Waals surface area contributed by atoms with Gasteiger partial charge < -0.3 is 10.6 Å². The highest BCUT2D eigenvalue weighted by atomic mass is 19.4. The van der Waals surface area contributed by atoms with E-state index in [1.54, 1.807) is 29.3 Å². The van der Waals surface area contributed by atoms with Gasteiger partial charge in [-0.1, -0.05) is 0 Å². The number of halogens is 3. The van der Waals surface area contributed by atoms with Gasteiger partial charge in [0, 0.05) is 36.7 Å². The van der Waals surface area contributed by atoms with Crippen molar-refractivity contribution >= 4 is 23.2 Å².